The van der Waals surface area contributed by atoms with Crippen molar-refractivity contribution in [3.05, 3.63) is 12.2 Å². The zero-order chi connectivity index (χ0) is 52.3. The number of ketones is 3. The first kappa shape index (κ1) is 68.2. The van der Waals surface area contributed by atoms with Gasteiger partial charge in [0.15, 0.2) is 11.6 Å². The van der Waals surface area contributed by atoms with Gasteiger partial charge in [-0.1, -0.05) is 0 Å². The molecule has 9 N–H and O–H groups in total. The van der Waals surface area contributed by atoms with Gasteiger partial charge in [0.05, 0.1) is 83.7 Å². The molecule has 0 aromatic rings. The molecule has 0 saturated carbocycles. The zero-order valence-corrected chi connectivity index (χ0v) is 40.8. The predicted molar refractivity (Wildman–Crippen MR) is 243 cm³/mol. The Hall–Kier alpha value is -4.05. The van der Waals surface area contributed by atoms with Crippen molar-refractivity contribution >= 4 is 41.2 Å². The lowest BCUT2D eigenvalue weighted by molar-refractivity contribution is -0.137. The summed E-state index contributed by atoms with van der Waals surface area (Å²) in [6.45, 7) is 8.17. The van der Waals surface area contributed by atoms with Crippen LogP contribution >= 0.6 is 0 Å². The number of amides is 3. The number of aliphatic carboxylic acids is 1. The smallest absolute Gasteiger partial charge is 0.407 e. The van der Waals surface area contributed by atoms with Gasteiger partial charge in [0.1, 0.15) is 30.7 Å². The fourth-order valence-electron chi connectivity index (χ4n) is 5.25. The van der Waals surface area contributed by atoms with Crippen LogP contribution in [0.15, 0.2) is 12.2 Å². The molecule has 3 amide bonds. The van der Waals surface area contributed by atoms with Crippen molar-refractivity contribution in [2.45, 2.75) is 109 Å². The second-order valence-electron chi connectivity index (χ2n) is 15.2. The standard InChI is InChI=1S/C19H28N2O7.C12H23NO6.C7H16O4.C6H14O4/c1-28-13-12-21(18(25)4-2-5-19(26)27)11-3-10-20-17(24)9-6-14-15(22)7-8-16(14)23;1-9(15)4-5-13-12(16)18-8-11(7-17-3)19-10(2)6-14;1-6(3-8)11-7(4-9)5-10-2;1-5(2-7)10-6(3-8)4-9/h7-8,14H,2-6,9-13H2,1H3,(H,20,24)(H,26,27);10-11,14H,4-8H2,1-3H3,(H,13,16);6-9H,3-5H2,1-2H3;5-9H,2-4H2,1H3. The van der Waals surface area contributed by atoms with Gasteiger partial charge in [-0.3, -0.25) is 28.8 Å². The third-order valence-electron chi connectivity index (χ3n) is 8.89. The first-order chi connectivity index (χ1) is 32.3. The minimum atomic E-state index is -0.935. The Morgan fingerprint density at radius 2 is 1.13 bits per heavy atom. The Labute approximate surface area is 399 Å². The lowest BCUT2D eigenvalue weighted by atomic mass is 9.99. The molecule has 1 rings (SSSR count). The summed E-state index contributed by atoms with van der Waals surface area (Å²) in [5.41, 5.74) is 0. The summed E-state index contributed by atoms with van der Waals surface area (Å²) < 4.78 is 35.1. The lowest BCUT2D eigenvalue weighted by Gasteiger charge is -2.22. The minimum Gasteiger partial charge on any atom is -0.481 e. The number of aliphatic hydroxyl groups is 6. The van der Waals surface area contributed by atoms with Gasteiger partial charge in [0.25, 0.3) is 0 Å². The Balaban J connectivity index is -0.000000909. The highest BCUT2D eigenvalue weighted by molar-refractivity contribution is 6.18. The average molecular weight is 988 g/mol. The highest BCUT2D eigenvalue weighted by atomic mass is 16.6. The molecule has 1 aliphatic carbocycles. The number of carbonyl (C=O) groups is 7. The van der Waals surface area contributed by atoms with Gasteiger partial charge >= 0.3 is 12.1 Å². The number of carboxylic acid groups (broad SMARTS) is 1. The van der Waals surface area contributed by atoms with Crippen LogP contribution in [0.4, 0.5) is 4.79 Å². The van der Waals surface area contributed by atoms with Gasteiger partial charge in [0, 0.05) is 73.2 Å². The molecule has 398 valence electrons. The van der Waals surface area contributed by atoms with Gasteiger partial charge in [-0.15, -0.1) is 0 Å². The van der Waals surface area contributed by atoms with E-state index in [9.17, 15) is 33.6 Å². The molecular formula is C44H81N3O21. The maximum atomic E-state index is 12.2. The molecule has 24 nitrogen and oxygen atoms in total. The van der Waals surface area contributed by atoms with Gasteiger partial charge in [-0.05, 0) is 59.1 Å². The van der Waals surface area contributed by atoms with Crippen LogP contribution in [0.5, 0.6) is 0 Å². The average Bonchev–Trinajstić information content (AvgIpc) is 3.64. The predicted octanol–water partition coefficient (Wildman–Crippen LogP) is -1.44. The number of hydrogen-bond donors (Lipinski definition) is 9. The van der Waals surface area contributed by atoms with Gasteiger partial charge < -0.3 is 84.4 Å². The first-order valence-electron chi connectivity index (χ1n) is 22.3. The number of hydrogen-bond acceptors (Lipinski definition) is 20. The van der Waals surface area contributed by atoms with Gasteiger partial charge in [0.2, 0.25) is 11.8 Å². The topological polar surface area (TPSA) is 353 Å². The zero-order valence-electron chi connectivity index (χ0n) is 40.8. The first-order valence-corrected chi connectivity index (χ1v) is 22.3. The number of allylic oxidation sites excluding steroid dienone is 2. The number of nitrogens with zero attached hydrogens (tertiary/aromatic N) is 1. The van der Waals surface area contributed by atoms with Crippen LogP contribution in [0.2, 0.25) is 0 Å². The van der Waals surface area contributed by atoms with Crippen molar-refractivity contribution in [2.24, 2.45) is 5.92 Å². The van der Waals surface area contributed by atoms with E-state index in [4.69, 9.17) is 68.9 Å². The van der Waals surface area contributed by atoms with Crippen molar-refractivity contribution in [1.82, 2.24) is 15.5 Å². The Bertz CT molecular complexity index is 1370. The van der Waals surface area contributed by atoms with E-state index in [0.717, 1.165) is 0 Å². The molecule has 0 saturated heterocycles. The number of carboxylic acids is 1. The van der Waals surface area contributed by atoms with E-state index in [1.807, 2.05) is 0 Å². The van der Waals surface area contributed by atoms with E-state index in [-0.39, 0.29) is 152 Å². The summed E-state index contributed by atoms with van der Waals surface area (Å²) >= 11 is 0. The highest BCUT2D eigenvalue weighted by Crippen LogP contribution is 2.16. The Morgan fingerprint density at radius 1 is 0.618 bits per heavy atom. The van der Waals surface area contributed by atoms with E-state index < -0.39 is 30.2 Å². The van der Waals surface area contributed by atoms with E-state index in [2.05, 4.69) is 10.6 Å². The maximum absolute atomic E-state index is 12.2. The summed E-state index contributed by atoms with van der Waals surface area (Å²) in [6.07, 6.45) is 1.07. The van der Waals surface area contributed by atoms with E-state index in [0.29, 0.717) is 39.3 Å². The van der Waals surface area contributed by atoms with Gasteiger partial charge in [-0.2, -0.15) is 0 Å². The number of Topliss-reactive ketones (excluding diaryl/α,β-unsaturated/α-hetero) is 1. The summed E-state index contributed by atoms with van der Waals surface area (Å²) in [5, 5.41) is 65.5. The number of alkyl carbamates (subject to hydrolysis) is 1. The quantitative estimate of drug-likeness (QED) is 0.0259. The lowest BCUT2D eigenvalue weighted by Crippen LogP contribution is -2.36. The van der Waals surface area contributed by atoms with Crippen LogP contribution < -0.4 is 10.6 Å². The van der Waals surface area contributed by atoms with Crippen molar-refractivity contribution < 1.29 is 102 Å². The van der Waals surface area contributed by atoms with Crippen molar-refractivity contribution in [1.29, 1.82) is 0 Å². The fraction of sp³-hybridized carbons (Fsp3) is 0.795. The SMILES string of the molecule is CC(CO)OC(CO)CO.COCC(CO)OC(C)CO.COCC(COC(=O)NCCC(C)=O)OC(C)CO.COCCN(CCCNC(=O)CCC1C(=O)C=CC1=O)C(=O)CCCC(=O)O. The normalized spacial score (nSPS) is 14.2. The fourth-order valence-corrected chi connectivity index (χ4v) is 5.25. The number of aliphatic hydroxyl groups excluding tert-OH is 6. The molecule has 0 aromatic heterocycles. The van der Waals surface area contributed by atoms with E-state index in [1.54, 1.807) is 25.7 Å². The van der Waals surface area contributed by atoms with Crippen LogP contribution in [0.3, 0.4) is 0 Å². The monoisotopic (exact) mass is 988 g/mol. The van der Waals surface area contributed by atoms with Crippen LogP contribution in [0.25, 0.3) is 0 Å². The number of nitrogens with one attached hydrogen (secondary N) is 2. The van der Waals surface area contributed by atoms with Crippen molar-refractivity contribution in [2.75, 3.05) is 114 Å². The molecule has 0 radical (unpaired) electrons. The van der Waals surface area contributed by atoms with Crippen LogP contribution in [0, 0.1) is 5.92 Å². The third-order valence-corrected chi connectivity index (χ3v) is 8.89. The third kappa shape index (κ3) is 39.9. The minimum absolute atomic E-state index is 0.00216. The summed E-state index contributed by atoms with van der Waals surface area (Å²) in [6, 6.07) is 0. The molecule has 0 spiro atoms. The Kier molecular flexibility index (Phi) is 45.5. The maximum Gasteiger partial charge on any atom is 0.407 e. The molecule has 24 heteroatoms. The molecule has 0 fully saturated rings. The largest absolute Gasteiger partial charge is 0.481 e. The molecule has 5 atom stereocenters. The molecular weight excluding hydrogens is 906 g/mol. The molecule has 68 heavy (non-hydrogen) atoms. The van der Waals surface area contributed by atoms with Gasteiger partial charge in [-0.25, -0.2) is 4.79 Å². The molecule has 0 bridgehead atoms. The van der Waals surface area contributed by atoms with E-state index in [1.165, 1.54) is 40.4 Å². The summed E-state index contributed by atoms with van der Waals surface area (Å²) in [4.78, 5) is 81.1. The van der Waals surface area contributed by atoms with E-state index >= 15 is 0 Å². The number of carbonyl (C=O) groups excluding carboxylic acids is 6. The highest BCUT2D eigenvalue weighted by Gasteiger charge is 2.28. The molecule has 0 aliphatic heterocycles. The summed E-state index contributed by atoms with van der Waals surface area (Å²) in [7, 11) is 4.57. The van der Waals surface area contributed by atoms with Crippen LogP contribution in [-0.4, -0.2) is 232 Å². The molecule has 0 heterocycles. The second-order valence-corrected chi connectivity index (χ2v) is 15.2. The van der Waals surface area contributed by atoms with Crippen molar-refractivity contribution in [3.63, 3.8) is 0 Å². The Morgan fingerprint density at radius 3 is 1.60 bits per heavy atom. The number of methoxy groups -OCH3 is 3. The number of rotatable bonds is 35. The summed E-state index contributed by atoms with van der Waals surface area (Å²) in [5.74, 6) is -2.58. The molecule has 0 aromatic carbocycles. The van der Waals surface area contributed by atoms with Crippen molar-refractivity contribution in [3.8, 4) is 0 Å². The molecule has 1 aliphatic rings. The van der Waals surface area contributed by atoms with Crippen LogP contribution in [-0.2, 0) is 61.9 Å². The second kappa shape index (κ2) is 45.4. The number of ether oxygens (including phenoxy) is 7. The molecule has 5 unspecified atom stereocenters. The van der Waals surface area contributed by atoms with Crippen LogP contribution in [0.1, 0.15) is 72.6 Å².